The number of ether oxygens (including phenoxy) is 1. The normalized spacial score (nSPS) is 12.6. The van der Waals surface area contributed by atoms with Gasteiger partial charge in [0, 0.05) is 11.6 Å². The molecule has 0 aliphatic carbocycles. The van der Waals surface area contributed by atoms with Gasteiger partial charge in [0.1, 0.15) is 23.9 Å². The lowest BCUT2D eigenvalue weighted by atomic mass is 10.0. The second-order valence-electron chi connectivity index (χ2n) is 4.12. The lowest BCUT2D eigenvalue weighted by Gasteiger charge is -2.16. The number of halogens is 2. The maximum atomic E-state index is 13.1. The van der Waals surface area contributed by atoms with Gasteiger partial charge in [0.25, 0.3) is 0 Å². The number of methoxy groups -OCH3 is 1. The van der Waals surface area contributed by atoms with Gasteiger partial charge in [-0.05, 0) is 36.9 Å². The minimum atomic E-state index is -0.273. The predicted octanol–water partition coefficient (Wildman–Crippen LogP) is 3.64. The second kappa shape index (κ2) is 6.32. The molecule has 3 nitrogen and oxygen atoms in total. The van der Waals surface area contributed by atoms with Gasteiger partial charge in [-0.2, -0.15) is 0 Å². The van der Waals surface area contributed by atoms with Crippen molar-refractivity contribution < 1.29 is 13.5 Å². The highest BCUT2D eigenvalue weighted by molar-refractivity contribution is 9.10. The lowest BCUT2D eigenvalue weighted by molar-refractivity contribution is 0.162. The van der Waals surface area contributed by atoms with E-state index in [0.29, 0.717) is 11.1 Å². The first-order valence-corrected chi connectivity index (χ1v) is 6.64. The lowest BCUT2D eigenvalue weighted by Crippen LogP contribution is -2.17. The van der Waals surface area contributed by atoms with Crippen LogP contribution >= 0.6 is 15.9 Å². The molecule has 19 heavy (non-hydrogen) atoms. The molecule has 0 aliphatic rings. The van der Waals surface area contributed by atoms with Crippen LogP contribution in [0.3, 0.4) is 0 Å². The van der Waals surface area contributed by atoms with E-state index in [1.807, 2.05) is 19.2 Å². The van der Waals surface area contributed by atoms with E-state index in [2.05, 4.69) is 21.2 Å². The standard InChI is InChI=1S/C14H15BrFNO2/c1-17-14(11-5-3-9(16)7-12(11)15)13-6-4-10(19-13)8-18-2/h3-7,14,17H,8H2,1-2H3. The molecule has 0 amide bonds. The van der Waals surface area contributed by atoms with Crippen molar-refractivity contribution in [2.24, 2.45) is 0 Å². The molecule has 2 rings (SSSR count). The Kier molecular flexibility index (Phi) is 4.74. The Morgan fingerprint density at radius 3 is 2.79 bits per heavy atom. The fraction of sp³-hybridized carbons (Fsp3) is 0.286. The van der Waals surface area contributed by atoms with Crippen LogP contribution in [0, 0.1) is 5.82 Å². The zero-order chi connectivity index (χ0) is 13.8. The fourth-order valence-electron chi connectivity index (χ4n) is 1.96. The van der Waals surface area contributed by atoms with Gasteiger partial charge in [0.15, 0.2) is 0 Å². The molecule has 1 aromatic heterocycles. The van der Waals surface area contributed by atoms with Gasteiger partial charge in [-0.3, -0.25) is 0 Å². The SMILES string of the molecule is CNC(c1ccc(COC)o1)c1ccc(F)cc1Br. The summed E-state index contributed by atoms with van der Waals surface area (Å²) in [5.74, 6) is 1.25. The van der Waals surface area contributed by atoms with Gasteiger partial charge in [-0.15, -0.1) is 0 Å². The van der Waals surface area contributed by atoms with E-state index in [1.165, 1.54) is 12.1 Å². The summed E-state index contributed by atoms with van der Waals surface area (Å²) in [4.78, 5) is 0. The number of benzene rings is 1. The van der Waals surface area contributed by atoms with Crippen molar-refractivity contribution in [3.8, 4) is 0 Å². The van der Waals surface area contributed by atoms with Crippen LogP contribution in [0.4, 0.5) is 4.39 Å². The van der Waals surface area contributed by atoms with Crippen LogP contribution in [0.15, 0.2) is 39.2 Å². The Labute approximate surface area is 119 Å². The molecule has 0 saturated carbocycles. The highest BCUT2D eigenvalue weighted by atomic mass is 79.9. The van der Waals surface area contributed by atoms with Gasteiger partial charge in [-0.25, -0.2) is 4.39 Å². The van der Waals surface area contributed by atoms with Crippen LogP contribution < -0.4 is 5.32 Å². The molecule has 0 fully saturated rings. The van der Waals surface area contributed by atoms with E-state index in [-0.39, 0.29) is 11.9 Å². The third-order valence-corrected chi connectivity index (χ3v) is 3.50. The van der Waals surface area contributed by atoms with Crippen LogP contribution in [-0.2, 0) is 11.3 Å². The van der Waals surface area contributed by atoms with Crippen LogP contribution in [0.25, 0.3) is 0 Å². The van der Waals surface area contributed by atoms with Crippen molar-refractivity contribution >= 4 is 15.9 Å². The van der Waals surface area contributed by atoms with Crippen LogP contribution in [0.5, 0.6) is 0 Å². The summed E-state index contributed by atoms with van der Waals surface area (Å²) in [5, 5.41) is 3.16. The zero-order valence-electron chi connectivity index (χ0n) is 10.7. The molecule has 1 aromatic carbocycles. The first kappa shape index (κ1) is 14.2. The first-order valence-electron chi connectivity index (χ1n) is 5.85. The molecule has 1 unspecified atom stereocenters. The Morgan fingerprint density at radius 1 is 1.37 bits per heavy atom. The number of rotatable bonds is 5. The Bertz CT molecular complexity index is 556. The van der Waals surface area contributed by atoms with Gasteiger partial charge in [0.05, 0.1) is 6.04 Å². The van der Waals surface area contributed by atoms with Gasteiger partial charge >= 0.3 is 0 Å². The van der Waals surface area contributed by atoms with Crippen molar-refractivity contribution in [1.29, 1.82) is 0 Å². The van der Waals surface area contributed by atoms with Crippen molar-refractivity contribution in [3.05, 3.63) is 57.7 Å². The van der Waals surface area contributed by atoms with Gasteiger partial charge in [-0.1, -0.05) is 22.0 Å². The van der Waals surface area contributed by atoms with E-state index >= 15 is 0 Å². The second-order valence-corrected chi connectivity index (χ2v) is 4.98. The van der Waals surface area contributed by atoms with Gasteiger partial charge < -0.3 is 14.5 Å². The monoisotopic (exact) mass is 327 g/mol. The minimum Gasteiger partial charge on any atom is -0.462 e. The Hall–Kier alpha value is -1.17. The van der Waals surface area contributed by atoms with E-state index in [9.17, 15) is 4.39 Å². The molecule has 0 spiro atoms. The molecule has 0 bridgehead atoms. The number of nitrogens with one attached hydrogen (secondary N) is 1. The largest absolute Gasteiger partial charge is 0.462 e. The Balaban J connectivity index is 2.32. The molecule has 5 heteroatoms. The quantitative estimate of drug-likeness (QED) is 0.910. The third kappa shape index (κ3) is 3.23. The van der Waals surface area contributed by atoms with E-state index < -0.39 is 0 Å². The molecular formula is C14H15BrFNO2. The summed E-state index contributed by atoms with van der Waals surface area (Å²) in [6.07, 6.45) is 0. The average molecular weight is 328 g/mol. The predicted molar refractivity (Wildman–Crippen MR) is 74.4 cm³/mol. The van der Waals surface area contributed by atoms with E-state index in [1.54, 1.807) is 13.2 Å². The molecule has 1 heterocycles. The maximum absolute atomic E-state index is 13.1. The molecule has 0 aliphatic heterocycles. The smallest absolute Gasteiger partial charge is 0.129 e. The minimum absolute atomic E-state index is 0.138. The van der Waals surface area contributed by atoms with Gasteiger partial charge in [0.2, 0.25) is 0 Å². The molecule has 2 aromatic rings. The van der Waals surface area contributed by atoms with Crippen LogP contribution in [0.2, 0.25) is 0 Å². The van der Waals surface area contributed by atoms with E-state index in [0.717, 1.165) is 17.1 Å². The zero-order valence-corrected chi connectivity index (χ0v) is 12.3. The third-order valence-electron chi connectivity index (χ3n) is 2.82. The molecule has 0 saturated heterocycles. The first-order chi connectivity index (χ1) is 9.15. The number of furan rings is 1. The summed E-state index contributed by atoms with van der Waals surface area (Å²) in [7, 11) is 3.45. The van der Waals surface area contributed by atoms with E-state index in [4.69, 9.17) is 9.15 Å². The highest BCUT2D eigenvalue weighted by Crippen LogP contribution is 2.30. The summed E-state index contributed by atoms with van der Waals surface area (Å²) in [6, 6.07) is 8.24. The van der Waals surface area contributed by atoms with Crippen molar-refractivity contribution in [2.75, 3.05) is 14.2 Å². The van der Waals surface area contributed by atoms with Crippen LogP contribution in [-0.4, -0.2) is 14.2 Å². The Morgan fingerprint density at radius 2 is 2.16 bits per heavy atom. The highest BCUT2D eigenvalue weighted by Gasteiger charge is 2.19. The molecular weight excluding hydrogens is 313 g/mol. The summed E-state index contributed by atoms with van der Waals surface area (Å²) >= 11 is 3.38. The topological polar surface area (TPSA) is 34.4 Å². The molecule has 102 valence electrons. The maximum Gasteiger partial charge on any atom is 0.129 e. The number of hydrogen-bond donors (Lipinski definition) is 1. The van der Waals surface area contributed by atoms with Crippen molar-refractivity contribution in [1.82, 2.24) is 5.32 Å². The molecule has 1 N–H and O–H groups in total. The molecule has 1 atom stereocenters. The van der Waals surface area contributed by atoms with Crippen LogP contribution in [0.1, 0.15) is 23.1 Å². The van der Waals surface area contributed by atoms with Crippen molar-refractivity contribution in [2.45, 2.75) is 12.6 Å². The fourth-order valence-corrected chi connectivity index (χ4v) is 2.54. The molecule has 0 radical (unpaired) electrons. The average Bonchev–Trinajstić information content (AvgIpc) is 2.82. The summed E-state index contributed by atoms with van der Waals surface area (Å²) in [6.45, 7) is 0.432. The summed E-state index contributed by atoms with van der Waals surface area (Å²) < 4.78 is 24.6. The number of hydrogen-bond acceptors (Lipinski definition) is 3. The summed E-state index contributed by atoms with van der Waals surface area (Å²) in [5.41, 5.74) is 0.919. The van der Waals surface area contributed by atoms with Crippen molar-refractivity contribution in [3.63, 3.8) is 0 Å².